The molecule has 0 saturated carbocycles. The van der Waals surface area contributed by atoms with Crippen LogP contribution in [0.3, 0.4) is 0 Å². The number of β-amino-alcohol motifs (C(OH)–C–C–N with tert-alkyl or cyclic N) is 1. The Morgan fingerprint density at radius 3 is 2.35 bits per heavy atom. The maximum atomic E-state index is 12.6. The number of hydrogen-bond acceptors (Lipinski definition) is 6. The van der Waals surface area contributed by atoms with Crippen LogP contribution in [0.1, 0.15) is 5.56 Å². The highest BCUT2D eigenvalue weighted by atomic mass is 16.5. The Kier molecular flexibility index (Phi) is 5.90. The second kappa shape index (κ2) is 8.62. The van der Waals surface area contributed by atoms with Crippen molar-refractivity contribution in [1.82, 2.24) is 19.3 Å². The summed E-state index contributed by atoms with van der Waals surface area (Å²) in [5, 5.41) is 11.5. The molecule has 164 valence electrons. The number of hydrogen-bond donors (Lipinski definition) is 1. The number of ether oxygens (including phenoxy) is 1. The van der Waals surface area contributed by atoms with Crippen molar-refractivity contribution in [2.45, 2.75) is 12.6 Å². The lowest BCUT2D eigenvalue weighted by Gasteiger charge is -2.28. The number of benzene rings is 1. The van der Waals surface area contributed by atoms with Gasteiger partial charge in [-0.3, -0.25) is 24.3 Å². The van der Waals surface area contributed by atoms with Crippen molar-refractivity contribution >= 4 is 34.8 Å². The maximum Gasteiger partial charge on any atom is 0.333 e. The van der Waals surface area contributed by atoms with Crippen molar-refractivity contribution in [1.29, 1.82) is 0 Å². The van der Waals surface area contributed by atoms with E-state index >= 15 is 0 Å². The van der Waals surface area contributed by atoms with Gasteiger partial charge in [0.2, 0.25) is 0 Å². The standard InChI is InChI=1S/C22H26N4O5/c1-23-20(28)18(21(29)24(2)22(23)30)11-15-12-26(19-6-4-3-5-17(15)19)14-16(27)13-25-7-9-31-10-8-25/h3-6,11-12,16,27H,7-10,13-14H2,1-2H3. The minimum atomic E-state index is -0.652. The third-order valence-electron chi connectivity index (χ3n) is 5.74. The van der Waals surface area contributed by atoms with Crippen LogP contribution in [0.5, 0.6) is 0 Å². The van der Waals surface area contributed by atoms with E-state index in [-0.39, 0.29) is 5.57 Å². The number of aromatic nitrogens is 1. The Hall–Kier alpha value is -3.01. The molecule has 2 aliphatic heterocycles. The number of morpholine rings is 1. The number of fused-ring (bicyclic) bond motifs is 1. The Balaban J connectivity index is 1.63. The molecule has 2 fully saturated rings. The number of rotatable bonds is 5. The van der Waals surface area contributed by atoms with Gasteiger partial charge in [-0.25, -0.2) is 4.79 Å². The topological polar surface area (TPSA) is 95.3 Å². The van der Waals surface area contributed by atoms with Gasteiger partial charge in [-0.05, 0) is 12.1 Å². The fourth-order valence-electron chi connectivity index (χ4n) is 4.04. The van der Waals surface area contributed by atoms with Gasteiger partial charge < -0.3 is 14.4 Å². The van der Waals surface area contributed by atoms with E-state index < -0.39 is 23.9 Å². The normalized spacial score (nSPS) is 19.5. The molecule has 1 aromatic carbocycles. The lowest BCUT2D eigenvalue weighted by Crippen LogP contribution is -2.52. The first kappa shape index (κ1) is 21.2. The summed E-state index contributed by atoms with van der Waals surface area (Å²) in [6.45, 7) is 3.85. The quantitative estimate of drug-likeness (QED) is 0.561. The van der Waals surface area contributed by atoms with Crippen LogP contribution in [0, 0.1) is 0 Å². The molecule has 31 heavy (non-hydrogen) atoms. The molecule has 2 saturated heterocycles. The number of imide groups is 2. The van der Waals surface area contributed by atoms with Crippen LogP contribution >= 0.6 is 0 Å². The highest BCUT2D eigenvalue weighted by molar-refractivity contribution is 6.31. The average Bonchev–Trinajstić information content (AvgIpc) is 3.12. The second-order valence-corrected chi connectivity index (χ2v) is 7.89. The van der Waals surface area contributed by atoms with Crippen molar-refractivity contribution in [3.8, 4) is 0 Å². The number of carbonyl (C=O) groups excluding carboxylic acids is 3. The Morgan fingerprint density at radius 1 is 1.03 bits per heavy atom. The molecule has 9 nitrogen and oxygen atoms in total. The van der Waals surface area contributed by atoms with Crippen molar-refractivity contribution < 1.29 is 24.2 Å². The van der Waals surface area contributed by atoms with Crippen LogP contribution < -0.4 is 0 Å². The number of amides is 4. The highest BCUT2D eigenvalue weighted by Crippen LogP contribution is 2.26. The lowest BCUT2D eigenvalue weighted by molar-refractivity contribution is -0.134. The van der Waals surface area contributed by atoms with Gasteiger partial charge >= 0.3 is 6.03 Å². The van der Waals surface area contributed by atoms with Crippen LogP contribution in [-0.4, -0.2) is 95.3 Å². The number of aliphatic hydroxyl groups excluding tert-OH is 1. The van der Waals surface area contributed by atoms with E-state index in [1.807, 2.05) is 35.0 Å². The summed E-state index contributed by atoms with van der Waals surface area (Å²) in [4.78, 5) is 41.1. The first-order valence-corrected chi connectivity index (χ1v) is 10.2. The van der Waals surface area contributed by atoms with Crippen LogP contribution in [0.15, 0.2) is 36.0 Å². The fraction of sp³-hybridized carbons (Fsp3) is 0.409. The van der Waals surface area contributed by atoms with E-state index in [0.717, 1.165) is 33.8 Å². The van der Waals surface area contributed by atoms with Crippen LogP contribution in [0.25, 0.3) is 17.0 Å². The summed E-state index contributed by atoms with van der Waals surface area (Å²) in [7, 11) is 2.71. The zero-order valence-electron chi connectivity index (χ0n) is 17.7. The highest BCUT2D eigenvalue weighted by Gasteiger charge is 2.38. The number of urea groups is 1. The molecule has 9 heteroatoms. The Bertz CT molecular complexity index is 1030. The number of carbonyl (C=O) groups is 3. The smallest absolute Gasteiger partial charge is 0.333 e. The molecular weight excluding hydrogens is 400 g/mol. The summed E-state index contributed by atoms with van der Waals surface area (Å²) < 4.78 is 7.29. The van der Waals surface area contributed by atoms with E-state index in [1.165, 1.54) is 20.2 Å². The van der Waals surface area contributed by atoms with Gasteiger partial charge in [0.1, 0.15) is 5.57 Å². The zero-order chi connectivity index (χ0) is 22.1. The SMILES string of the molecule is CN1C(=O)C(=Cc2cn(CC(O)CN3CCOCC3)c3ccccc23)C(=O)N(C)C1=O. The molecule has 2 aromatic rings. The van der Waals surface area contributed by atoms with Crippen molar-refractivity contribution in [3.05, 3.63) is 41.6 Å². The summed E-state index contributed by atoms with van der Waals surface area (Å²) in [5.41, 5.74) is 1.51. The maximum absolute atomic E-state index is 12.6. The molecule has 3 heterocycles. The van der Waals surface area contributed by atoms with E-state index in [2.05, 4.69) is 4.90 Å². The van der Waals surface area contributed by atoms with Crippen LogP contribution in [0.4, 0.5) is 4.79 Å². The Morgan fingerprint density at radius 2 is 1.68 bits per heavy atom. The van der Waals surface area contributed by atoms with Crippen molar-refractivity contribution in [2.75, 3.05) is 46.9 Å². The predicted octanol–water partition coefficient (Wildman–Crippen LogP) is 0.768. The summed E-state index contributed by atoms with van der Waals surface area (Å²) >= 11 is 0. The summed E-state index contributed by atoms with van der Waals surface area (Å²) in [6.07, 6.45) is 2.77. The fourth-order valence-corrected chi connectivity index (χ4v) is 4.04. The number of likely N-dealkylation sites (N-methyl/N-ethyl adjacent to an activating group) is 2. The average molecular weight is 426 g/mol. The van der Waals surface area contributed by atoms with Crippen molar-refractivity contribution in [3.63, 3.8) is 0 Å². The van der Waals surface area contributed by atoms with Crippen LogP contribution in [-0.2, 0) is 20.9 Å². The molecule has 0 spiro atoms. The molecule has 2 aliphatic rings. The molecule has 4 rings (SSSR count). The first-order chi connectivity index (χ1) is 14.9. The second-order valence-electron chi connectivity index (χ2n) is 7.89. The minimum Gasteiger partial charge on any atom is -0.390 e. The number of aliphatic hydroxyl groups is 1. The minimum absolute atomic E-state index is 0.0682. The lowest BCUT2D eigenvalue weighted by atomic mass is 10.1. The third-order valence-corrected chi connectivity index (χ3v) is 5.74. The molecule has 1 aromatic heterocycles. The van der Waals surface area contributed by atoms with Crippen LogP contribution in [0.2, 0.25) is 0 Å². The molecule has 0 radical (unpaired) electrons. The first-order valence-electron chi connectivity index (χ1n) is 10.2. The molecule has 0 bridgehead atoms. The number of nitrogens with zero attached hydrogens (tertiary/aromatic N) is 4. The van der Waals surface area contributed by atoms with Crippen molar-refractivity contribution in [2.24, 2.45) is 0 Å². The van der Waals surface area contributed by atoms with Gasteiger partial charge in [0.15, 0.2) is 0 Å². The van der Waals surface area contributed by atoms with Gasteiger partial charge in [0.05, 0.1) is 19.3 Å². The number of para-hydroxylation sites is 1. The zero-order valence-corrected chi connectivity index (χ0v) is 17.7. The van der Waals surface area contributed by atoms with E-state index in [0.29, 0.717) is 31.9 Å². The van der Waals surface area contributed by atoms with Gasteiger partial charge in [-0.15, -0.1) is 0 Å². The summed E-state index contributed by atoms with van der Waals surface area (Å²) in [5.74, 6) is -1.26. The number of barbiturate groups is 1. The van der Waals surface area contributed by atoms with Gasteiger partial charge in [-0.2, -0.15) is 0 Å². The van der Waals surface area contributed by atoms with Gasteiger partial charge in [-0.1, -0.05) is 18.2 Å². The van der Waals surface area contributed by atoms with E-state index in [4.69, 9.17) is 4.74 Å². The third kappa shape index (κ3) is 4.12. The van der Waals surface area contributed by atoms with Gasteiger partial charge in [0.25, 0.3) is 11.8 Å². The van der Waals surface area contributed by atoms with E-state index in [1.54, 1.807) is 0 Å². The van der Waals surface area contributed by atoms with E-state index in [9.17, 15) is 19.5 Å². The molecule has 4 amide bonds. The molecule has 1 atom stereocenters. The predicted molar refractivity (Wildman–Crippen MR) is 114 cm³/mol. The molecule has 1 N–H and O–H groups in total. The van der Waals surface area contributed by atoms with Gasteiger partial charge in [0, 0.05) is 62.9 Å². The largest absolute Gasteiger partial charge is 0.390 e. The molecule has 0 aliphatic carbocycles. The Labute approximate surface area is 180 Å². The molecule has 1 unspecified atom stereocenters. The summed E-state index contributed by atoms with van der Waals surface area (Å²) in [6, 6.07) is 6.97. The molecular formula is C22H26N4O5. The monoisotopic (exact) mass is 426 g/mol.